The lowest BCUT2D eigenvalue weighted by Gasteiger charge is -2.09. The number of rotatable bonds is 3. The second-order valence-corrected chi connectivity index (χ2v) is 3.99. The van der Waals surface area contributed by atoms with Crippen LogP contribution in [0.15, 0.2) is 22.6 Å². The van der Waals surface area contributed by atoms with Gasteiger partial charge in [0.2, 0.25) is 0 Å². The molecule has 1 atom stereocenters. The molecule has 1 unspecified atom stereocenters. The number of hydrogen-bond donors (Lipinski definition) is 1. The normalized spacial score (nSPS) is 13.2. The highest BCUT2D eigenvalue weighted by atomic mass is 19.1. The average Bonchev–Trinajstić information content (AvgIpc) is 2.59. The van der Waals surface area contributed by atoms with Gasteiger partial charge in [0, 0.05) is 10.9 Å². The maximum atomic E-state index is 13.5. The molecule has 1 aromatic carbocycles. The van der Waals surface area contributed by atoms with Gasteiger partial charge >= 0.3 is 0 Å². The van der Waals surface area contributed by atoms with Crippen molar-refractivity contribution in [3.63, 3.8) is 0 Å². The molecule has 0 radical (unpaired) electrons. The molecule has 3 heteroatoms. The minimum atomic E-state index is -0.296. The van der Waals surface area contributed by atoms with Crippen LogP contribution in [0.4, 0.5) is 4.39 Å². The van der Waals surface area contributed by atoms with Gasteiger partial charge < -0.3 is 9.73 Å². The van der Waals surface area contributed by atoms with Crippen molar-refractivity contribution in [1.29, 1.82) is 0 Å². The maximum absolute atomic E-state index is 13.5. The third-order valence-electron chi connectivity index (χ3n) is 2.86. The lowest BCUT2D eigenvalue weighted by molar-refractivity contribution is 0.446. The number of benzene rings is 1. The molecular weight excluding hydrogens is 205 g/mol. The zero-order valence-electron chi connectivity index (χ0n) is 9.80. The highest BCUT2D eigenvalue weighted by Crippen LogP contribution is 2.30. The number of nitrogens with one attached hydrogen (secondary N) is 1. The van der Waals surface area contributed by atoms with Crippen molar-refractivity contribution in [3.8, 4) is 0 Å². The van der Waals surface area contributed by atoms with Gasteiger partial charge in [0.25, 0.3) is 0 Å². The second-order valence-electron chi connectivity index (χ2n) is 3.99. The highest BCUT2D eigenvalue weighted by molar-refractivity contribution is 5.82. The molecule has 1 aromatic heterocycles. The Balaban J connectivity index is 2.55. The maximum Gasteiger partial charge on any atom is 0.170 e. The van der Waals surface area contributed by atoms with Gasteiger partial charge in [-0.3, -0.25) is 0 Å². The number of halogens is 1. The predicted molar refractivity (Wildman–Crippen MR) is 63.0 cm³/mol. The summed E-state index contributed by atoms with van der Waals surface area (Å²) in [6, 6.07) is 5.13. The summed E-state index contributed by atoms with van der Waals surface area (Å²) in [6.07, 6.45) is 0. The van der Waals surface area contributed by atoms with Crippen molar-refractivity contribution in [2.45, 2.75) is 26.8 Å². The first-order chi connectivity index (χ1) is 7.65. The van der Waals surface area contributed by atoms with Gasteiger partial charge in [-0.2, -0.15) is 0 Å². The van der Waals surface area contributed by atoms with Crippen LogP contribution < -0.4 is 5.32 Å². The van der Waals surface area contributed by atoms with E-state index in [9.17, 15) is 4.39 Å². The highest BCUT2D eigenvalue weighted by Gasteiger charge is 2.17. The molecule has 1 N–H and O–H groups in total. The van der Waals surface area contributed by atoms with Gasteiger partial charge in [-0.15, -0.1) is 0 Å². The van der Waals surface area contributed by atoms with Gasteiger partial charge in [0.15, 0.2) is 11.4 Å². The van der Waals surface area contributed by atoms with E-state index in [1.807, 2.05) is 26.8 Å². The van der Waals surface area contributed by atoms with E-state index in [1.54, 1.807) is 6.07 Å². The molecule has 86 valence electrons. The fourth-order valence-electron chi connectivity index (χ4n) is 2.04. The lowest BCUT2D eigenvalue weighted by atomic mass is 10.1. The second kappa shape index (κ2) is 4.26. The zero-order chi connectivity index (χ0) is 11.7. The number of fused-ring (bicyclic) bond motifs is 1. The SMILES string of the molecule is CCNC(C)c1oc2c(F)cccc2c1C. The molecule has 2 aromatic rings. The van der Waals surface area contributed by atoms with Crippen LogP contribution in [-0.4, -0.2) is 6.54 Å². The van der Waals surface area contributed by atoms with Crippen LogP contribution in [0.3, 0.4) is 0 Å². The van der Waals surface area contributed by atoms with Crippen LogP contribution in [0.2, 0.25) is 0 Å². The van der Waals surface area contributed by atoms with Crippen molar-refractivity contribution in [1.82, 2.24) is 5.32 Å². The topological polar surface area (TPSA) is 25.2 Å². The van der Waals surface area contributed by atoms with Crippen molar-refractivity contribution in [2.75, 3.05) is 6.54 Å². The van der Waals surface area contributed by atoms with Gasteiger partial charge in [-0.25, -0.2) is 4.39 Å². The van der Waals surface area contributed by atoms with Crippen LogP contribution >= 0.6 is 0 Å². The Morgan fingerprint density at radius 3 is 2.81 bits per heavy atom. The molecule has 2 rings (SSSR count). The number of hydrogen-bond acceptors (Lipinski definition) is 2. The monoisotopic (exact) mass is 221 g/mol. The lowest BCUT2D eigenvalue weighted by Crippen LogP contribution is -2.17. The molecular formula is C13H16FNO. The smallest absolute Gasteiger partial charge is 0.170 e. The molecule has 0 fully saturated rings. The van der Waals surface area contributed by atoms with Crippen LogP contribution in [-0.2, 0) is 0 Å². The summed E-state index contributed by atoms with van der Waals surface area (Å²) >= 11 is 0. The largest absolute Gasteiger partial charge is 0.456 e. The first-order valence-electron chi connectivity index (χ1n) is 5.56. The fraction of sp³-hybridized carbons (Fsp3) is 0.385. The molecule has 0 spiro atoms. The van der Waals surface area contributed by atoms with E-state index >= 15 is 0 Å². The average molecular weight is 221 g/mol. The Morgan fingerprint density at radius 1 is 1.44 bits per heavy atom. The van der Waals surface area contributed by atoms with E-state index in [2.05, 4.69) is 5.32 Å². The number of aryl methyl sites for hydroxylation is 1. The summed E-state index contributed by atoms with van der Waals surface area (Å²) in [4.78, 5) is 0. The Hall–Kier alpha value is -1.35. The summed E-state index contributed by atoms with van der Waals surface area (Å²) in [7, 11) is 0. The minimum Gasteiger partial charge on any atom is -0.456 e. The standard InChI is InChI=1S/C13H16FNO/c1-4-15-9(3)12-8(2)10-6-5-7-11(14)13(10)16-12/h5-7,9,15H,4H2,1-3H3. The van der Waals surface area contributed by atoms with Crippen molar-refractivity contribution < 1.29 is 8.81 Å². The molecule has 0 saturated heterocycles. The molecule has 16 heavy (non-hydrogen) atoms. The molecule has 0 amide bonds. The Morgan fingerprint density at radius 2 is 2.19 bits per heavy atom. The molecule has 0 bridgehead atoms. The summed E-state index contributed by atoms with van der Waals surface area (Å²) in [6.45, 7) is 6.88. The fourth-order valence-corrected chi connectivity index (χ4v) is 2.04. The Kier molecular flexibility index (Phi) is 2.97. The number of para-hydroxylation sites is 1. The first-order valence-corrected chi connectivity index (χ1v) is 5.56. The van der Waals surface area contributed by atoms with E-state index in [0.717, 1.165) is 23.3 Å². The third kappa shape index (κ3) is 1.71. The molecule has 1 heterocycles. The van der Waals surface area contributed by atoms with E-state index in [4.69, 9.17) is 4.42 Å². The summed E-state index contributed by atoms with van der Waals surface area (Å²) < 4.78 is 19.1. The molecule has 2 nitrogen and oxygen atoms in total. The van der Waals surface area contributed by atoms with Crippen molar-refractivity contribution in [3.05, 3.63) is 35.3 Å². The van der Waals surface area contributed by atoms with Crippen molar-refractivity contribution >= 4 is 11.0 Å². The Labute approximate surface area is 94.4 Å². The van der Waals surface area contributed by atoms with Crippen molar-refractivity contribution in [2.24, 2.45) is 0 Å². The van der Waals surface area contributed by atoms with Gasteiger partial charge in [0.1, 0.15) is 5.76 Å². The minimum absolute atomic E-state index is 0.108. The third-order valence-corrected chi connectivity index (χ3v) is 2.86. The van der Waals surface area contributed by atoms with Gasteiger partial charge in [-0.1, -0.05) is 19.1 Å². The summed E-state index contributed by atoms with van der Waals surface area (Å²) in [5.74, 6) is 0.525. The zero-order valence-corrected chi connectivity index (χ0v) is 9.80. The van der Waals surface area contributed by atoms with Crippen LogP contribution in [0.1, 0.15) is 31.2 Å². The summed E-state index contributed by atoms with van der Waals surface area (Å²) in [5.41, 5.74) is 1.38. The van der Waals surface area contributed by atoms with E-state index < -0.39 is 0 Å². The van der Waals surface area contributed by atoms with Crippen LogP contribution in [0.5, 0.6) is 0 Å². The molecule has 0 aliphatic heterocycles. The van der Waals surface area contributed by atoms with Gasteiger partial charge in [0.05, 0.1) is 6.04 Å². The quantitative estimate of drug-likeness (QED) is 0.857. The molecule has 0 aliphatic rings. The Bertz CT molecular complexity index is 504. The van der Waals surface area contributed by atoms with Crippen LogP contribution in [0.25, 0.3) is 11.0 Å². The van der Waals surface area contributed by atoms with E-state index in [0.29, 0.717) is 5.58 Å². The first kappa shape index (κ1) is 11.1. The molecule has 0 aliphatic carbocycles. The van der Waals surface area contributed by atoms with E-state index in [1.165, 1.54) is 6.07 Å². The predicted octanol–water partition coefficient (Wildman–Crippen LogP) is 3.55. The van der Waals surface area contributed by atoms with Gasteiger partial charge in [-0.05, 0) is 26.5 Å². The number of furan rings is 1. The van der Waals surface area contributed by atoms with E-state index in [-0.39, 0.29) is 11.9 Å². The van der Waals surface area contributed by atoms with Crippen LogP contribution in [0, 0.1) is 12.7 Å². The summed E-state index contributed by atoms with van der Waals surface area (Å²) in [5, 5.41) is 4.13. The molecule has 0 saturated carbocycles.